The van der Waals surface area contributed by atoms with Gasteiger partial charge in [-0.05, 0) is 44.4 Å². The quantitative estimate of drug-likeness (QED) is 0.485. The van der Waals surface area contributed by atoms with Crippen LogP contribution >= 0.6 is 0 Å². The third-order valence-electron chi connectivity index (χ3n) is 5.06. The molecule has 3 rings (SSSR count). The van der Waals surface area contributed by atoms with Crippen molar-refractivity contribution in [3.8, 4) is 11.5 Å². The maximum absolute atomic E-state index is 6.11. The van der Waals surface area contributed by atoms with Crippen LogP contribution in [0, 0.1) is 6.92 Å². The smallest absolute Gasteiger partial charge is 0.191 e. The Morgan fingerprint density at radius 1 is 1.13 bits per heavy atom. The molecular weight excluding hydrogens is 378 g/mol. The van der Waals surface area contributed by atoms with Crippen molar-refractivity contribution in [1.82, 2.24) is 10.6 Å². The molecule has 1 heterocycles. The highest BCUT2D eigenvalue weighted by Crippen LogP contribution is 2.22. The zero-order valence-electron chi connectivity index (χ0n) is 18.2. The Balaban J connectivity index is 1.64. The lowest BCUT2D eigenvalue weighted by Gasteiger charge is -2.17. The van der Waals surface area contributed by atoms with E-state index in [4.69, 9.17) is 19.2 Å². The van der Waals surface area contributed by atoms with Gasteiger partial charge in [0.05, 0.1) is 19.8 Å². The number of nitrogens with one attached hydrogen (secondary N) is 2. The van der Waals surface area contributed by atoms with Crippen LogP contribution in [0.1, 0.15) is 36.5 Å². The molecule has 162 valence electrons. The Morgan fingerprint density at radius 3 is 2.77 bits per heavy atom. The van der Waals surface area contributed by atoms with Crippen molar-refractivity contribution in [3.05, 3.63) is 59.2 Å². The largest absolute Gasteiger partial charge is 0.496 e. The van der Waals surface area contributed by atoms with Crippen LogP contribution in [0.3, 0.4) is 0 Å². The Morgan fingerprint density at radius 2 is 2.00 bits per heavy atom. The lowest BCUT2D eigenvalue weighted by molar-refractivity contribution is 0.0676. The van der Waals surface area contributed by atoms with Crippen molar-refractivity contribution < 1.29 is 14.2 Å². The third-order valence-corrected chi connectivity index (χ3v) is 5.06. The van der Waals surface area contributed by atoms with Crippen molar-refractivity contribution in [2.45, 2.75) is 45.9 Å². The average Bonchev–Trinajstić information content (AvgIpc) is 3.29. The fourth-order valence-corrected chi connectivity index (χ4v) is 3.42. The van der Waals surface area contributed by atoms with Crippen LogP contribution < -0.4 is 20.1 Å². The first-order valence-corrected chi connectivity index (χ1v) is 10.7. The van der Waals surface area contributed by atoms with Gasteiger partial charge < -0.3 is 24.8 Å². The molecule has 1 unspecified atom stereocenters. The molecule has 2 aromatic carbocycles. The predicted octanol–water partition coefficient (Wildman–Crippen LogP) is 3.82. The van der Waals surface area contributed by atoms with E-state index in [0.29, 0.717) is 19.7 Å². The summed E-state index contributed by atoms with van der Waals surface area (Å²) >= 11 is 0. The van der Waals surface area contributed by atoms with Crippen LogP contribution in [0.2, 0.25) is 0 Å². The van der Waals surface area contributed by atoms with Gasteiger partial charge in [-0.2, -0.15) is 0 Å². The number of hydrogen-bond donors (Lipinski definition) is 2. The fraction of sp³-hybridized carbons (Fsp3) is 0.458. The number of guanidine groups is 1. The molecule has 1 saturated heterocycles. The summed E-state index contributed by atoms with van der Waals surface area (Å²) in [5, 5.41) is 6.72. The summed E-state index contributed by atoms with van der Waals surface area (Å²) < 4.78 is 17.2. The fourth-order valence-electron chi connectivity index (χ4n) is 3.42. The van der Waals surface area contributed by atoms with E-state index in [1.54, 1.807) is 7.11 Å². The predicted molar refractivity (Wildman–Crippen MR) is 120 cm³/mol. The summed E-state index contributed by atoms with van der Waals surface area (Å²) in [5.41, 5.74) is 3.33. The standard InChI is InChI=1S/C24H33N3O3/c1-4-25-24(26-15-19-8-5-6-10-22(19)28-3)27-16-20-12-11-18(2)14-23(20)30-17-21-9-7-13-29-21/h5-6,8,10-12,14,21H,4,7,9,13,15-17H2,1-3H3,(H2,25,26,27). The number of aryl methyl sites for hydroxylation is 1. The van der Waals surface area contributed by atoms with Crippen molar-refractivity contribution in [2.24, 2.45) is 4.99 Å². The molecule has 0 radical (unpaired) electrons. The van der Waals surface area contributed by atoms with Gasteiger partial charge in [-0.15, -0.1) is 0 Å². The van der Waals surface area contributed by atoms with Crippen LogP contribution in [0.15, 0.2) is 47.5 Å². The number of para-hydroxylation sites is 1. The van der Waals surface area contributed by atoms with E-state index in [1.807, 2.05) is 24.3 Å². The summed E-state index contributed by atoms with van der Waals surface area (Å²) in [7, 11) is 1.68. The molecule has 1 fully saturated rings. The second-order valence-corrected chi connectivity index (χ2v) is 7.42. The zero-order chi connectivity index (χ0) is 21.2. The van der Waals surface area contributed by atoms with E-state index < -0.39 is 0 Å². The minimum absolute atomic E-state index is 0.200. The van der Waals surface area contributed by atoms with Gasteiger partial charge >= 0.3 is 0 Å². The molecule has 0 spiro atoms. The molecule has 0 aromatic heterocycles. The molecule has 0 amide bonds. The van der Waals surface area contributed by atoms with Crippen LogP contribution in [0.5, 0.6) is 11.5 Å². The summed E-state index contributed by atoms with van der Waals surface area (Å²) in [4.78, 5) is 4.72. The summed E-state index contributed by atoms with van der Waals surface area (Å²) in [6, 6.07) is 14.2. The number of methoxy groups -OCH3 is 1. The summed E-state index contributed by atoms with van der Waals surface area (Å²) in [6.45, 7) is 7.52. The molecule has 6 heteroatoms. The number of hydrogen-bond acceptors (Lipinski definition) is 4. The van der Waals surface area contributed by atoms with Gasteiger partial charge in [-0.3, -0.25) is 0 Å². The van der Waals surface area contributed by atoms with Crippen molar-refractivity contribution in [1.29, 1.82) is 0 Å². The molecule has 1 aliphatic heterocycles. The lowest BCUT2D eigenvalue weighted by atomic mass is 10.1. The van der Waals surface area contributed by atoms with Crippen molar-refractivity contribution in [2.75, 3.05) is 26.9 Å². The van der Waals surface area contributed by atoms with Gasteiger partial charge in [0.2, 0.25) is 0 Å². The number of aliphatic imine (C=N–C) groups is 1. The monoisotopic (exact) mass is 411 g/mol. The number of ether oxygens (including phenoxy) is 3. The second kappa shape index (κ2) is 11.5. The minimum atomic E-state index is 0.200. The highest BCUT2D eigenvalue weighted by atomic mass is 16.5. The lowest BCUT2D eigenvalue weighted by Crippen LogP contribution is -2.37. The molecule has 1 atom stereocenters. The summed E-state index contributed by atoms with van der Waals surface area (Å²) in [5.74, 6) is 2.51. The van der Waals surface area contributed by atoms with E-state index in [1.165, 1.54) is 5.56 Å². The minimum Gasteiger partial charge on any atom is -0.496 e. The molecule has 0 aliphatic carbocycles. The van der Waals surface area contributed by atoms with Crippen molar-refractivity contribution >= 4 is 5.96 Å². The zero-order valence-corrected chi connectivity index (χ0v) is 18.2. The van der Waals surface area contributed by atoms with Gasteiger partial charge in [0.15, 0.2) is 5.96 Å². The van der Waals surface area contributed by atoms with Crippen LogP contribution in [0.25, 0.3) is 0 Å². The first kappa shape index (κ1) is 22.0. The SMILES string of the molecule is CCNC(=NCc1ccccc1OC)NCc1ccc(C)cc1OCC1CCCO1. The summed E-state index contributed by atoms with van der Waals surface area (Å²) in [6.07, 6.45) is 2.39. The number of rotatable bonds is 9. The highest BCUT2D eigenvalue weighted by molar-refractivity contribution is 5.79. The highest BCUT2D eigenvalue weighted by Gasteiger charge is 2.17. The maximum atomic E-state index is 6.11. The molecule has 1 aliphatic rings. The third kappa shape index (κ3) is 6.39. The van der Waals surface area contributed by atoms with E-state index >= 15 is 0 Å². The first-order valence-electron chi connectivity index (χ1n) is 10.7. The van der Waals surface area contributed by atoms with Crippen LogP contribution in [-0.4, -0.2) is 38.9 Å². The van der Waals surface area contributed by atoms with Crippen LogP contribution in [0.4, 0.5) is 0 Å². The molecule has 30 heavy (non-hydrogen) atoms. The first-order chi connectivity index (χ1) is 14.7. The van der Waals surface area contributed by atoms with Gasteiger partial charge in [0.1, 0.15) is 18.1 Å². The van der Waals surface area contributed by atoms with Gasteiger partial charge in [-0.1, -0.05) is 30.3 Å². The number of nitrogens with zero attached hydrogens (tertiary/aromatic N) is 1. The van der Waals surface area contributed by atoms with Crippen LogP contribution in [-0.2, 0) is 17.8 Å². The van der Waals surface area contributed by atoms with E-state index in [-0.39, 0.29) is 6.10 Å². The molecule has 0 saturated carbocycles. The van der Waals surface area contributed by atoms with E-state index in [2.05, 4.69) is 42.7 Å². The normalized spacial score (nSPS) is 16.4. The second-order valence-electron chi connectivity index (χ2n) is 7.42. The molecule has 2 N–H and O–H groups in total. The molecular formula is C24H33N3O3. The topological polar surface area (TPSA) is 64.1 Å². The molecule has 2 aromatic rings. The Bertz CT molecular complexity index is 832. The van der Waals surface area contributed by atoms with Gasteiger partial charge in [0, 0.05) is 30.8 Å². The van der Waals surface area contributed by atoms with Gasteiger partial charge in [-0.25, -0.2) is 4.99 Å². The number of benzene rings is 2. The van der Waals surface area contributed by atoms with Crippen molar-refractivity contribution in [3.63, 3.8) is 0 Å². The molecule has 6 nitrogen and oxygen atoms in total. The van der Waals surface area contributed by atoms with Gasteiger partial charge in [0.25, 0.3) is 0 Å². The van der Waals surface area contributed by atoms with E-state index in [0.717, 1.165) is 54.6 Å². The average molecular weight is 412 g/mol. The Kier molecular flexibility index (Phi) is 8.39. The Labute approximate surface area is 179 Å². The Hall–Kier alpha value is -2.73. The maximum Gasteiger partial charge on any atom is 0.191 e. The van der Waals surface area contributed by atoms with E-state index in [9.17, 15) is 0 Å². The molecule has 0 bridgehead atoms.